The summed E-state index contributed by atoms with van der Waals surface area (Å²) in [5.74, 6) is 1.32. The van der Waals surface area contributed by atoms with Crippen LogP contribution in [-0.4, -0.2) is 24.6 Å². The minimum Gasteiger partial charge on any atom is -0.313 e. The molecule has 3 aromatic heterocycles. The molecule has 3 heterocycles. The van der Waals surface area contributed by atoms with Crippen LogP contribution in [0.2, 0.25) is 0 Å². The van der Waals surface area contributed by atoms with Crippen molar-refractivity contribution >= 4 is 5.65 Å². The minimum atomic E-state index is -0.523. The monoisotopic (exact) mass is 327 g/mol. The molecule has 24 heavy (non-hydrogen) atoms. The lowest BCUT2D eigenvalue weighted by Gasteiger charge is -2.05. The Labute approximate surface area is 138 Å². The van der Waals surface area contributed by atoms with E-state index < -0.39 is 11.2 Å². The lowest BCUT2D eigenvalue weighted by Crippen LogP contribution is -2.23. The van der Waals surface area contributed by atoms with Gasteiger partial charge in [0.2, 0.25) is 0 Å². The van der Waals surface area contributed by atoms with Gasteiger partial charge in [0.05, 0.1) is 11.3 Å². The Hall–Kier alpha value is -2.70. The third-order valence-corrected chi connectivity index (χ3v) is 3.50. The molecule has 0 radical (unpaired) electrons. The van der Waals surface area contributed by atoms with Gasteiger partial charge >= 0.3 is 5.69 Å². The van der Waals surface area contributed by atoms with E-state index in [1.807, 2.05) is 6.07 Å². The van der Waals surface area contributed by atoms with E-state index >= 15 is 0 Å². The van der Waals surface area contributed by atoms with E-state index in [9.17, 15) is 9.59 Å². The Bertz CT molecular complexity index is 960. The number of H-pyrrole nitrogens is 2. The van der Waals surface area contributed by atoms with Crippen molar-refractivity contribution in [2.24, 2.45) is 5.92 Å². The van der Waals surface area contributed by atoms with Gasteiger partial charge in [0.1, 0.15) is 0 Å². The number of aromatic nitrogens is 5. The molecule has 0 unspecified atom stereocenters. The zero-order valence-corrected chi connectivity index (χ0v) is 14.0. The molecule has 7 nitrogen and oxygen atoms in total. The standard InChI is InChI=1S/C13H11N5O2.C4H10/c19-12-9(6-15-13(20)16-12)10-5-8(7-1-2-7)11-14-3-4-18(11)17-10;1-4(2)3/h3-7H,1-2H2,(H2,15,16,19,20);4H,1-3H3. The molecule has 0 aromatic carbocycles. The van der Waals surface area contributed by atoms with Gasteiger partial charge in [-0.2, -0.15) is 5.10 Å². The van der Waals surface area contributed by atoms with Gasteiger partial charge in [-0.1, -0.05) is 20.8 Å². The van der Waals surface area contributed by atoms with Crippen LogP contribution in [0.3, 0.4) is 0 Å². The second-order valence-electron chi connectivity index (χ2n) is 6.67. The second kappa shape index (κ2) is 6.43. The number of aromatic amines is 2. The van der Waals surface area contributed by atoms with Gasteiger partial charge in [0.25, 0.3) is 5.56 Å². The number of imidazole rings is 1. The van der Waals surface area contributed by atoms with E-state index in [1.54, 1.807) is 16.9 Å². The van der Waals surface area contributed by atoms with E-state index in [1.165, 1.54) is 6.20 Å². The molecule has 3 aromatic rings. The Morgan fingerprint density at radius 2 is 1.96 bits per heavy atom. The van der Waals surface area contributed by atoms with Gasteiger partial charge in [-0.15, -0.1) is 0 Å². The van der Waals surface area contributed by atoms with Crippen LogP contribution >= 0.6 is 0 Å². The highest BCUT2D eigenvalue weighted by molar-refractivity contribution is 5.62. The van der Waals surface area contributed by atoms with Crippen LogP contribution in [0.4, 0.5) is 0 Å². The van der Waals surface area contributed by atoms with Crippen molar-refractivity contribution in [2.45, 2.75) is 39.5 Å². The fraction of sp³-hybridized carbons (Fsp3) is 0.412. The summed E-state index contributed by atoms with van der Waals surface area (Å²) in [6.45, 7) is 6.50. The van der Waals surface area contributed by atoms with Crippen LogP contribution in [0.1, 0.15) is 45.1 Å². The molecular weight excluding hydrogens is 306 g/mol. The highest BCUT2D eigenvalue weighted by atomic mass is 16.2. The molecule has 0 spiro atoms. The zero-order valence-electron chi connectivity index (χ0n) is 14.0. The quantitative estimate of drug-likeness (QED) is 0.755. The third kappa shape index (κ3) is 3.45. The molecule has 4 rings (SSSR count). The fourth-order valence-corrected chi connectivity index (χ4v) is 2.37. The molecule has 0 amide bonds. The van der Waals surface area contributed by atoms with Crippen LogP contribution in [0.25, 0.3) is 16.9 Å². The molecule has 1 aliphatic rings. The summed E-state index contributed by atoms with van der Waals surface area (Å²) in [6.07, 6.45) is 7.10. The highest BCUT2D eigenvalue weighted by Crippen LogP contribution is 2.42. The van der Waals surface area contributed by atoms with Gasteiger partial charge in [-0.25, -0.2) is 14.3 Å². The van der Waals surface area contributed by atoms with Crippen LogP contribution in [-0.2, 0) is 0 Å². The summed E-state index contributed by atoms with van der Waals surface area (Å²) in [6, 6.07) is 1.89. The number of rotatable bonds is 2. The Morgan fingerprint density at radius 3 is 2.58 bits per heavy atom. The number of fused-ring (bicyclic) bond motifs is 1. The van der Waals surface area contributed by atoms with E-state index in [-0.39, 0.29) is 0 Å². The predicted octanol–water partition coefficient (Wildman–Crippen LogP) is 2.31. The number of hydrogen-bond donors (Lipinski definition) is 2. The molecule has 0 atom stereocenters. The second-order valence-corrected chi connectivity index (χ2v) is 6.67. The maximum Gasteiger partial charge on any atom is 0.325 e. The van der Waals surface area contributed by atoms with Crippen molar-refractivity contribution in [3.63, 3.8) is 0 Å². The van der Waals surface area contributed by atoms with Crippen molar-refractivity contribution in [1.82, 2.24) is 24.6 Å². The first kappa shape index (κ1) is 16.2. The molecule has 0 aliphatic heterocycles. The smallest absolute Gasteiger partial charge is 0.313 e. The largest absolute Gasteiger partial charge is 0.325 e. The molecular formula is C17H21N5O2. The maximum absolute atomic E-state index is 11.9. The molecule has 1 aliphatic carbocycles. The average molecular weight is 327 g/mol. The summed E-state index contributed by atoms with van der Waals surface area (Å²) >= 11 is 0. The molecule has 1 fully saturated rings. The van der Waals surface area contributed by atoms with Gasteiger partial charge in [-0.3, -0.25) is 9.78 Å². The number of nitrogens with zero attached hydrogens (tertiary/aromatic N) is 3. The third-order valence-electron chi connectivity index (χ3n) is 3.50. The summed E-state index contributed by atoms with van der Waals surface area (Å²) in [5.41, 5.74) is 1.85. The topological polar surface area (TPSA) is 95.9 Å². The first-order valence-electron chi connectivity index (χ1n) is 8.12. The average Bonchev–Trinajstić information content (AvgIpc) is 3.23. The summed E-state index contributed by atoms with van der Waals surface area (Å²) in [5, 5.41) is 4.38. The van der Waals surface area contributed by atoms with Gasteiger partial charge in [0, 0.05) is 24.2 Å². The van der Waals surface area contributed by atoms with Crippen molar-refractivity contribution in [3.05, 3.63) is 51.1 Å². The van der Waals surface area contributed by atoms with Crippen LogP contribution in [0, 0.1) is 5.92 Å². The number of hydrogen-bond acceptors (Lipinski definition) is 4. The minimum absolute atomic E-state index is 0.349. The Balaban J connectivity index is 0.000000383. The van der Waals surface area contributed by atoms with Crippen LogP contribution in [0.15, 0.2) is 34.2 Å². The van der Waals surface area contributed by atoms with Crippen molar-refractivity contribution < 1.29 is 0 Å². The maximum atomic E-state index is 11.9. The SMILES string of the molecule is CC(C)C.O=c1[nH]cc(-c2cc(C3CC3)c3nccn3n2)c(=O)[nH]1. The van der Waals surface area contributed by atoms with Crippen molar-refractivity contribution in [3.8, 4) is 11.3 Å². The molecule has 0 bridgehead atoms. The van der Waals surface area contributed by atoms with Gasteiger partial charge in [0.15, 0.2) is 5.65 Å². The summed E-state index contributed by atoms with van der Waals surface area (Å²) < 4.78 is 1.67. The lowest BCUT2D eigenvalue weighted by atomic mass is 10.1. The Morgan fingerprint density at radius 1 is 1.25 bits per heavy atom. The highest BCUT2D eigenvalue weighted by Gasteiger charge is 2.27. The predicted molar refractivity (Wildman–Crippen MR) is 92.2 cm³/mol. The van der Waals surface area contributed by atoms with E-state index in [4.69, 9.17) is 0 Å². The van der Waals surface area contributed by atoms with Crippen LogP contribution in [0.5, 0.6) is 0 Å². The fourth-order valence-electron chi connectivity index (χ4n) is 2.37. The van der Waals surface area contributed by atoms with Crippen molar-refractivity contribution in [1.29, 1.82) is 0 Å². The molecule has 0 saturated heterocycles. The van der Waals surface area contributed by atoms with Crippen molar-refractivity contribution in [2.75, 3.05) is 0 Å². The van der Waals surface area contributed by atoms with E-state index in [0.29, 0.717) is 17.2 Å². The zero-order chi connectivity index (χ0) is 17.3. The summed E-state index contributed by atoms with van der Waals surface area (Å²) in [7, 11) is 0. The van der Waals surface area contributed by atoms with Crippen LogP contribution < -0.4 is 11.2 Å². The van der Waals surface area contributed by atoms with Gasteiger partial charge < -0.3 is 4.98 Å². The molecule has 7 heteroatoms. The molecule has 126 valence electrons. The summed E-state index contributed by atoms with van der Waals surface area (Å²) in [4.78, 5) is 31.9. The normalized spacial score (nSPS) is 13.8. The van der Waals surface area contributed by atoms with E-state index in [0.717, 1.165) is 30.0 Å². The van der Waals surface area contributed by atoms with Gasteiger partial charge in [-0.05, 0) is 30.7 Å². The molecule has 2 N–H and O–H groups in total. The Kier molecular flexibility index (Phi) is 4.33. The van der Waals surface area contributed by atoms with E-state index in [2.05, 4.69) is 40.8 Å². The number of nitrogens with one attached hydrogen (secondary N) is 2. The lowest BCUT2D eigenvalue weighted by molar-refractivity contribution is 0.737. The first-order chi connectivity index (χ1) is 11.5. The first-order valence-corrected chi connectivity index (χ1v) is 8.12. The molecule has 1 saturated carbocycles.